The van der Waals surface area contributed by atoms with E-state index in [1.165, 1.54) is 0 Å². The van der Waals surface area contributed by atoms with Gasteiger partial charge in [0.2, 0.25) is 0 Å². The maximum Gasteiger partial charge on any atom is 0.0929 e. The Bertz CT molecular complexity index is 262. The molecule has 0 N–H and O–H groups in total. The molecule has 0 unspecified atom stereocenters. The lowest BCUT2D eigenvalue weighted by atomic mass is 9.84. The van der Waals surface area contributed by atoms with Gasteiger partial charge in [-0.25, -0.2) is 0 Å². The number of rotatable bonds is 7. The van der Waals surface area contributed by atoms with E-state index in [-0.39, 0.29) is 11.7 Å². The summed E-state index contributed by atoms with van der Waals surface area (Å²) in [6.45, 7) is 14.9. The van der Waals surface area contributed by atoms with Crippen molar-refractivity contribution in [3.8, 4) is 0 Å². The van der Waals surface area contributed by atoms with Crippen molar-refractivity contribution in [1.82, 2.24) is 0 Å². The summed E-state index contributed by atoms with van der Waals surface area (Å²) >= 11 is 0. The van der Waals surface area contributed by atoms with Crippen LogP contribution in [0, 0.1) is 17.8 Å². The van der Waals surface area contributed by atoms with E-state index < -0.39 is 0 Å². The van der Waals surface area contributed by atoms with E-state index in [4.69, 9.17) is 9.47 Å². The van der Waals surface area contributed by atoms with Gasteiger partial charge < -0.3 is 9.47 Å². The molecule has 2 heteroatoms. The number of ether oxygens (including phenoxy) is 2. The van der Waals surface area contributed by atoms with Crippen molar-refractivity contribution in [3.63, 3.8) is 0 Å². The minimum absolute atomic E-state index is 0.0265. The highest BCUT2D eigenvalue weighted by molar-refractivity contribution is 5.05. The first-order valence-corrected chi connectivity index (χ1v) is 6.69. The van der Waals surface area contributed by atoms with Crippen LogP contribution >= 0.6 is 0 Å². The van der Waals surface area contributed by atoms with Crippen LogP contribution in [0.1, 0.15) is 41.0 Å². The van der Waals surface area contributed by atoms with Gasteiger partial charge in [-0.1, -0.05) is 33.8 Å². The summed E-state index contributed by atoms with van der Waals surface area (Å²) in [6, 6.07) is 0. The van der Waals surface area contributed by atoms with Crippen LogP contribution in [0.25, 0.3) is 0 Å². The molecule has 0 aliphatic carbocycles. The van der Waals surface area contributed by atoms with Crippen molar-refractivity contribution in [3.05, 3.63) is 12.7 Å². The van der Waals surface area contributed by atoms with Gasteiger partial charge in [-0.05, 0) is 25.2 Å². The van der Waals surface area contributed by atoms with Crippen molar-refractivity contribution < 1.29 is 9.47 Å². The van der Waals surface area contributed by atoms with Gasteiger partial charge in [0, 0.05) is 13.0 Å². The molecule has 1 heterocycles. The molecule has 17 heavy (non-hydrogen) atoms. The molecule has 0 aromatic rings. The lowest BCUT2D eigenvalue weighted by molar-refractivity contribution is 0.0136. The smallest absolute Gasteiger partial charge is 0.0929 e. The number of methoxy groups -OCH3 is 1. The average Bonchev–Trinajstić information content (AvgIpc) is 2.90. The lowest BCUT2D eigenvalue weighted by Crippen LogP contribution is -2.32. The second-order valence-electron chi connectivity index (χ2n) is 6.07. The highest BCUT2D eigenvalue weighted by atomic mass is 16.6. The van der Waals surface area contributed by atoms with Gasteiger partial charge in [0.25, 0.3) is 0 Å². The topological polar surface area (TPSA) is 21.8 Å². The molecule has 0 aromatic carbocycles. The molecule has 1 aliphatic heterocycles. The normalized spacial score (nSPS) is 33.2. The van der Waals surface area contributed by atoms with Gasteiger partial charge in [0.05, 0.1) is 17.8 Å². The zero-order chi connectivity index (χ0) is 13.2. The van der Waals surface area contributed by atoms with Crippen molar-refractivity contribution in [2.75, 3.05) is 7.11 Å². The highest BCUT2D eigenvalue weighted by Crippen LogP contribution is 2.47. The predicted octanol–water partition coefficient (Wildman–Crippen LogP) is 3.66. The zero-order valence-electron chi connectivity index (χ0n) is 12.2. The number of hydrogen-bond donors (Lipinski definition) is 0. The summed E-state index contributed by atoms with van der Waals surface area (Å²) in [5, 5.41) is 0. The third kappa shape index (κ3) is 3.32. The van der Waals surface area contributed by atoms with Gasteiger partial charge in [-0.15, -0.1) is 6.58 Å². The molecule has 2 nitrogen and oxygen atoms in total. The van der Waals surface area contributed by atoms with E-state index >= 15 is 0 Å². The molecule has 100 valence electrons. The molecule has 0 spiro atoms. The fourth-order valence-electron chi connectivity index (χ4n) is 3.07. The van der Waals surface area contributed by atoms with E-state index in [1.807, 2.05) is 6.08 Å². The van der Waals surface area contributed by atoms with Gasteiger partial charge in [-0.2, -0.15) is 0 Å². The van der Waals surface area contributed by atoms with Gasteiger partial charge >= 0.3 is 0 Å². The summed E-state index contributed by atoms with van der Waals surface area (Å²) in [5.41, 5.74) is 0.0265. The maximum absolute atomic E-state index is 5.94. The molecule has 0 amide bonds. The summed E-state index contributed by atoms with van der Waals surface area (Å²) in [6.07, 6.45) is 3.67. The molecule has 0 radical (unpaired) electrons. The molecule has 1 aliphatic rings. The molecular formula is C15H28O2. The van der Waals surface area contributed by atoms with Crippen molar-refractivity contribution >= 4 is 0 Å². The fraction of sp³-hybridized carbons (Fsp3) is 0.867. The number of hydrogen-bond acceptors (Lipinski definition) is 2. The van der Waals surface area contributed by atoms with E-state index in [2.05, 4.69) is 41.2 Å². The largest absolute Gasteiger partial charge is 0.381 e. The second kappa shape index (κ2) is 5.53. The van der Waals surface area contributed by atoms with Crippen LogP contribution in [-0.4, -0.2) is 24.9 Å². The van der Waals surface area contributed by atoms with E-state index in [1.54, 1.807) is 7.11 Å². The second-order valence-corrected chi connectivity index (χ2v) is 6.07. The van der Waals surface area contributed by atoms with Crippen LogP contribution < -0.4 is 0 Å². The summed E-state index contributed by atoms with van der Waals surface area (Å²) in [5.74, 6) is 1.49. The molecule has 1 fully saturated rings. The Morgan fingerprint density at radius 2 is 1.94 bits per heavy atom. The van der Waals surface area contributed by atoms with Crippen LogP contribution in [0.15, 0.2) is 12.7 Å². The minimum Gasteiger partial charge on any atom is -0.381 e. The molecule has 0 saturated carbocycles. The molecule has 5 atom stereocenters. The SMILES string of the molecule is C=C[C@@H](C)C[C@]1(C)O[C@@H]1[C@H](C)[C@@H](OC)C(C)C. The quantitative estimate of drug-likeness (QED) is 0.500. The monoisotopic (exact) mass is 240 g/mol. The average molecular weight is 240 g/mol. The molecule has 1 rings (SSSR count). The molecule has 0 aromatic heterocycles. The highest BCUT2D eigenvalue weighted by Gasteiger charge is 2.56. The minimum atomic E-state index is 0.0265. The Kier molecular flexibility index (Phi) is 4.79. The Morgan fingerprint density at radius 3 is 2.35 bits per heavy atom. The van der Waals surface area contributed by atoms with Crippen molar-refractivity contribution in [1.29, 1.82) is 0 Å². The molecule has 0 bridgehead atoms. The third-order valence-electron chi connectivity index (χ3n) is 4.00. The Hall–Kier alpha value is -0.340. The fourth-order valence-corrected chi connectivity index (χ4v) is 3.07. The first-order chi connectivity index (χ1) is 7.85. The summed E-state index contributed by atoms with van der Waals surface area (Å²) in [4.78, 5) is 0. The van der Waals surface area contributed by atoms with Crippen LogP contribution in [0.2, 0.25) is 0 Å². The number of epoxide rings is 1. The van der Waals surface area contributed by atoms with Crippen molar-refractivity contribution in [2.45, 2.75) is 58.8 Å². The Balaban J connectivity index is 2.56. The first kappa shape index (κ1) is 14.7. The number of allylic oxidation sites excluding steroid dienone is 1. The Morgan fingerprint density at radius 1 is 1.35 bits per heavy atom. The zero-order valence-corrected chi connectivity index (χ0v) is 12.2. The predicted molar refractivity (Wildman–Crippen MR) is 72.1 cm³/mol. The van der Waals surface area contributed by atoms with Crippen molar-refractivity contribution in [2.24, 2.45) is 17.8 Å². The summed E-state index contributed by atoms with van der Waals surface area (Å²) in [7, 11) is 1.80. The van der Waals surface area contributed by atoms with Crippen LogP contribution in [0.4, 0.5) is 0 Å². The van der Waals surface area contributed by atoms with E-state index in [9.17, 15) is 0 Å². The van der Waals surface area contributed by atoms with E-state index in [0.29, 0.717) is 23.9 Å². The van der Waals surface area contributed by atoms with Gasteiger partial charge in [0.1, 0.15) is 0 Å². The van der Waals surface area contributed by atoms with Crippen LogP contribution in [0.3, 0.4) is 0 Å². The van der Waals surface area contributed by atoms with Crippen LogP contribution in [-0.2, 0) is 9.47 Å². The van der Waals surface area contributed by atoms with Gasteiger partial charge in [-0.3, -0.25) is 0 Å². The maximum atomic E-state index is 5.94. The van der Waals surface area contributed by atoms with Gasteiger partial charge in [0.15, 0.2) is 0 Å². The van der Waals surface area contributed by atoms with E-state index in [0.717, 1.165) is 6.42 Å². The third-order valence-corrected chi connectivity index (χ3v) is 4.00. The van der Waals surface area contributed by atoms with Crippen LogP contribution in [0.5, 0.6) is 0 Å². The lowest BCUT2D eigenvalue weighted by Gasteiger charge is -2.26. The standard InChI is InChI=1S/C15H28O2/c1-8-11(4)9-15(6)14(17-15)12(5)13(16-7)10(2)3/h8,10-14H,1,9H2,2-7H3/t11-,12-,13+,14-,15+/m1/s1. The molecular weight excluding hydrogens is 212 g/mol. The summed E-state index contributed by atoms with van der Waals surface area (Å²) < 4.78 is 11.5. The molecule has 1 saturated heterocycles. The Labute approximate surface area is 106 Å². The first-order valence-electron chi connectivity index (χ1n) is 6.69.